The predicted molar refractivity (Wildman–Crippen MR) is 106 cm³/mol. The van der Waals surface area contributed by atoms with Crippen LogP contribution in [0, 0.1) is 6.92 Å². The average molecular weight is 437 g/mol. The number of ether oxygens (including phenoxy) is 2. The van der Waals surface area contributed by atoms with Crippen molar-refractivity contribution in [2.24, 2.45) is 0 Å². The van der Waals surface area contributed by atoms with Crippen LogP contribution in [-0.4, -0.2) is 29.5 Å². The minimum absolute atomic E-state index is 0.225. The molecule has 2 aromatic carbocycles. The van der Waals surface area contributed by atoms with Crippen LogP contribution in [0.5, 0.6) is 11.5 Å². The molecule has 0 spiro atoms. The fourth-order valence-electron chi connectivity index (χ4n) is 3.13. The number of alkyl halides is 3. The Morgan fingerprint density at radius 1 is 1.20 bits per heavy atom. The van der Waals surface area contributed by atoms with E-state index in [0.29, 0.717) is 21.9 Å². The van der Waals surface area contributed by atoms with Gasteiger partial charge in [-0.2, -0.15) is 0 Å². The highest BCUT2D eigenvalue weighted by atomic mass is 32.1. The van der Waals surface area contributed by atoms with E-state index in [1.807, 2.05) is 6.92 Å². The second kappa shape index (κ2) is 8.74. The number of thiazole rings is 1. The Balaban J connectivity index is 2.13. The number of para-hydroxylation sites is 1. The highest BCUT2D eigenvalue weighted by Gasteiger charge is 2.32. The molecule has 0 radical (unpaired) electrons. The van der Waals surface area contributed by atoms with Gasteiger partial charge in [-0.05, 0) is 30.7 Å². The number of hydrogen-bond acceptors (Lipinski definition) is 5. The van der Waals surface area contributed by atoms with Gasteiger partial charge in [-0.15, -0.1) is 24.5 Å². The molecule has 0 amide bonds. The van der Waals surface area contributed by atoms with Crippen LogP contribution in [0.1, 0.15) is 27.8 Å². The number of carbonyl (C=O) groups is 1. The molecular formula is C21H18F3NO4S. The second-order valence-corrected chi connectivity index (χ2v) is 7.73. The lowest BCUT2D eigenvalue weighted by atomic mass is 9.91. The zero-order valence-electron chi connectivity index (χ0n) is 16.1. The molecule has 30 heavy (non-hydrogen) atoms. The quantitative estimate of drug-likeness (QED) is 0.519. The molecule has 1 atom stereocenters. The maximum absolute atomic E-state index is 12.8. The van der Waals surface area contributed by atoms with Crippen LogP contribution in [0.25, 0.3) is 11.1 Å². The standard InChI is InChI=1S/C21H18F3NO4S/c1-12-11-25-20(30-12)16(10-19(26)27)15-9-13(7-8-17(15)28-2)14-5-3-4-6-18(14)29-21(22,23)24/h3-9,11,16H,10H2,1-2H3,(H,26,27). The third-order valence-corrected chi connectivity index (χ3v) is 5.37. The normalized spacial score (nSPS) is 12.4. The van der Waals surface area contributed by atoms with Crippen molar-refractivity contribution >= 4 is 17.3 Å². The molecule has 5 nitrogen and oxygen atoms in total. The summed E-state index contributed by atoms with van der Waals surface area (Å²) in [5.74, 6) is -1.57. The summed E-state index contributed by atoms with van der Waals surface area (Å²) in [7, 11) is 1.45. The molecular weight excluding hydrogens is 419 g/mol. The molecule has 0 aliphatic heterocycles. The zero-order chi connectivity index (χ0) is 21.9. The summed E-state index contributed by atoms with van der Waals surface area (Å²) in [5, 5.41) is 10.0. The number of benzene rings is 2. The molecule has 0 aliphatic rings. The number of methoxy groups -OCH3 is 1. The summed E-state index contributed by atoms with van der Waals surface area (Å²) in [4.78, 5) is 16.8. The van der Waals surface area contributed by atoms with Gasteiger partial charge >= 0.3 is 12.3 Å². The van der Waals surface area contributed by atoms with Crippen molar-refractivity contribution in [2.75, 3.05) is 7.11 Å². The largest absolute Gasteiger partial charge is 0.573 e. The van der Waals surface area contributed by atoms with Gasteiger partial charge in [0.2, 0.25) is 0 Å². The molecule has 0 saturated carbocycles. The molecule has 3 aromatic rings. The highest BCUT2D eigenvalue weighted by Crippen LogP contribution is 2.41. The Hall–Kier alpha value is -3.07. The van der Waals surface area contributed by atoms with Crippen molar-refractivity contribution in [1.82, 2.24) is 4.98 Å². The maximum atomic E-state index is 12.8. The fraction of sp³-hybridized carbons (Fsp3) is 0.238. The van der Waals surface area contributed by atoms with E-state index in [-0.39, 0.29) is 17.7 Å². The zero-order valence-corrected chi connectivity index (χ0v) is 16.9. The van der Waals surface area contributed by atoms with Gasteiger partial charge in [-0.3, -0.25) is 4.79 Å². The number of aromatic nitrogens is 1. The van der Waals surface area contributed by atoms with Crippen LogP contribution in [-0.2, 0) is 4.79 Å². The lowest BCUT2D eigenvalue weighted by Crippen LogP contribution is -2.17. The maximum Gasteiger partial charge on any atom is 0.573 e. The van der Waals surface area contributed by atoms with Crippen molar-refractivity contribution in [1.29, 1.82) is 0 Å². The smallest absolute Gasteiger partial charge is 0.496 e. The van der Waals surface area contributed by atoms with E-state index in [1.165, 1.54) is 36.6 Å². The van der Waals surface area contributed by atoms with Crippen molar-refractivity contribution in [3.8, 4) is 22.6 Å². The number of carboxylic acid groups (broad SMARTS) is 1. The summed E-state index contributed by atoms with van der Waals surface area (Å²) in [6.45, 7) is 1.86. The lowest BCUT2D eigenvalue weighted by molar-refractivity contribution is -0.274. The van der Waals surface area contributed by atoms with Gasteiger partial charge in [0.05, 0.1) is 19.4 Å². The van der Waals surface area contributed by atoms with Gasteiger partial charge < -0.3 is 14.6 Å². The first-order valence-electron chi connectivity index (χ1n) is 8.85. The third-order valence-electron chi connectivity index (χ3n) is 4.34. The van der Waals surface area contributed by atoms with Crippen LogP contribution >= 0.6 is 11.3 Å². The van der Waals surface area contributed by atoms with Crippen molar-refractivity contribution in [2.45, 2.75) is 25.6 Å². The number of rotatable bonds is 7. The summed E-state index contributed by atoms with van der Waals surface area (Å²) >= 11 is 1.36. The molecule has 0 bridgehead atoms. The molecule has 0 saturated heterocycles. The number of aryl methyl sites for hydroxylation is 1. The van der Waals surface area contributed by atoms with E-state index in [2.05, 4.69) is 9.72 Å². The van der Waals surface area contributed by atoms with Gasteiger partial charge in [0.25, 0.3) is 0 Å². The monoisotopic (exact) mass is 437 g/mol. The number of aliphatic carboxylic acids is 1. The van der Waals surface area contributed by atoms with Gasteiger partial charge in [0.15, 0.2) is 0 Å². The number of hydrogen-bond donors (Lipinski definition) is 1. The third kappa shape index (κ3) is 5.10. The van der Waals surface area contributed by atoms with Gasteiger partial charge in [0, 0.05) is 22.2 Å². The molecule has 1 N–H and O–H groups in total. The molecule has 1 heterocycles. The summed E-state index contributed by atoms with van der Waals surface area (Å²) < 4.78 is 48.0. The van der Waals surface area contributed by atoms with Crippen LogP contribution < -0.4 is 9.47 Å². The first-order valence-corrected chi connectivity index (χ1v) is 9.67. The van der Waals surface area contributed by atoms with Crippen LogP contribution in [0.2, 0.25) is 0 Å². The molecule has 3 rings (SSSR count). The van der Waals surface area contributed by atoms with E-state index in [9.17, 15) is 23.1 Å². The Morgan fingerprint density at radius 2 is 1.93 bits per heavy atom. The van der Waals surface area contributed by atoms with E-state index in [0.717, 1.165) is 4.88 Å². The Kier molecular flexibility index (Phi) is 6.31. The average Bonchev–Trinajstić information content (AvgIpc) is 3.11. The summed E-state index contributed by atoms with van der Waals surface area (Å²) in [6.07, 6.45) is -3.43. The minimum atomic E-state index is -4.84. The Bertz CT molecular complexity index is 1050. The van der Waals surface area contributed by atoms with Crippen LogP contribution in [0.15, 0.2) is 48.7 Å². The van der Waals surface area contributed by atoms with E-state index < -0.39 is 18.2 Å². The molecule has 158 valence electrons. The van der Waals surface area contributed by atoms with Crippen molar-refractivity contribution in [3.63, 3.8) is 0 Å². The van der Waals surface area contributed by atoms with E-state index >= 15 is 0 Å². The lowest BCUT2D eigenvalue weighted by Gasteiger charge is -2.19. The minimum Gasteiger partial charge on any atom is -0.496 e. The molecule has 0 aliphatic carbocycles. The van der Waals surface area contributed by atoms with Gasteiger partial charge in [0.1, 0.15) is 16.5 Å². The molecule has 9 heteroatoms. The molecule has 1 aromatic heterocycles. The number of halogens is 3. The predicted octanol–water partition coefficient (Wildman–Crippen LogP) is 5.63. The van der Waals surface area contributed by atoms with Crippen molar-refractivity contribution in [3.05, 3.63) is 64.1 Å². The SMILES string of the molecule is COc1ccc(-c2ccccc2OC(F)(F)F)cc1C(CC(=O)O)c1ncc(C)s1. The molecule has 1 unspecified atom stereocenters. The highest BCUT2D eigenvalue weighted by molar-refractivity contribution is 7.11. The topological polar surface area (TPSA) is 68.7 Å². The number of carboxylic acids is 1. The number of nitrogens with zero attached hydrogens (tertiary/aromatic N) is 1. The van der Waals surface area contributed by atoms with Crippen molar-refractivity contribution < 1.29 is 32.5 Å². The second-order valence-electron chi connectivity index (χ2n) is 6.46. The first-order chi connectivity index (χ1) is 14.2. The summed E-state index contributed by atoms with van der Waals surface area (Å²) in [5.41, 5.74) is 1.19. The molecule has 0 fully saturated rings. The van der Waals surface area contributed by atoms with Crippen LogP contribution in [0.3, 0.4) is 0 Å². The van der Waals surface area contributed by atoms with Crippen LogP contribution in [0.4, 0.5) is 13.2 Å². The fourth-order valence-corrected chi connectivity index (χ4v) is 4.02. The van der Waals surface area contributed by atoms with Gasteiger partial charge in [-0.25, -0.2) is 4.98 Å². The van der Waals surface area contributed by atoms with E-state index in [4.69, 9.17) is 4.74 Å². The summed E-state index contributed by atoms with van der Waals surface area (Å²) in [6, 6.07) is 10.6. The first kappa shape index (κ1) is 21.6. The Morgan fingerprint density at radius 3 is 2.53 bits per heavy atom. The Labute approximate surface area is 174 Å². The van der Waals surface area contributed by atoms with E-state index in [1.54, 1.807) is 30.5 Å². The van der Waals surface area contributed by atoms with Gasteiger partial charge in [-0.1, -0.05) is 24.3 Å².